The van der Waals surface area contributed by atoms with Crippen molar-refractivity contribution in [1.29, 1.82) is 0 Å². The smallest absolute Gasteiger partial charge is 0.470 e. The summed E-state index contributed by atoms with van der Waals surface area (Å²) in [6.07, 6.45) is -0.352. The molecule has 1 aromatic carbocycles. The van der Waals surface area contributed by atoms with Crippen LogP contribution in [0, 0.1) is 11.6 Å². The number of guanidine groups is 1. The first kappa shape index (κ1) is 37.6. The van der Waals surface area contributed by atoms with Gasteiger partial charge in [-0.15, -0.1) is 0 Å². The van der Waals surface area contributed by atoms with Crippen LogP contribution in [0.3, 0.4) is 0 Å². The number of carbonyl (C=O) groups is 3. The number of phosphoric acid groups is 1. The van der Waals surface area contributed by atoms with Crippen LogP contribution in [0.4, 0.5) is 25.0 Å². The first-order valence-electron chi connectivity index (χ1n) is 13.7. The second-order valence-electron chi connectivity index (χ2n) is 10.4. The number of cyclic esters (lactones) is 1. The van der Waals surface area contributed by atoms with Crippen LogP contribution >= 0.6 is 7.82 Å². The van der Waals surface area contributed by atoms with E-state index in [0.29, 0.717) is 19.4 Å². The largest absolute Gasteiger partial charge is 0.480 e. The Morgan fingerprint density at radius 3 is 2.33 bits per heavy atom. The molecule has 0 unspecified atom stereocenters. The number of carboxylic acid groups (broad SMARTS) is 1. The highest BCUT2D eigenvalue weighted by molar-refractivity contribution is 7.46. The number of benzene rings is 1. The zero-order chi connectivity index (χ0) is 33.9. The van der Waals surface area contributed by atoms with E-state index in [1.807, 2.05) is 0 Å². The number of rotatable bonds is 13. The Morgan fingerprint density at radius 1 is 1.24 bits per heavy atom. The van der Waals surface area contributed by atoms with Crippen LogP contribution < -0.4 is 32.3 Å². The standard InChI is InChI=1S/C19H26F2N3O8P.C6H14N4O2/c1-12(25)22-9-14-10-24(18(26)31-14)13-7-15(20)17(16(21)8-13)23-5-3-19(4-6-23,11-30-2)32-33(27,28)29;7-4(5(11)12)2-1-3-10-6(8)9/h7-8,14H,3-6,9-11H2,1-2H3,(H,22,25)(H2,27,28,29);4H,1-3,7H2,(H,11,12)(H4,8,9,10)/t14-;4-/m00/s1. The minimum absolute atomic E-state index is 0.0129. The Kier molecular flexibility index (Phi) is 13.9. The number of carbonyl (C=O) groups excluding carboxylic acids is 2. The third-order valence-electron chi connectivity index (χ3n) is 6.76. The van der Waals surface area contributed by atoms with Crippen molar-refractivity contribution >= 4 is 43.1 Å². The molecule has 2 amide bonds. The fraction of sp³-hybridized carbons (Fsp3) is 0.600. The number of hydrogen-bond acceptors (Lipinski definition) is 10. The molecule has 2 saturated heterocycles. The number of aliphatic imine (C=N–C) groups is 1. The summed E-state index contributed by atoms with van der Waals surface area (Å²) in [6.45, 7) is 1.85. The topological polar surface area (TPSA) is 266 Å². The van der Waals surface area contributed by atoms with Gasteiger partial charge >= 0.3 is 19.9 Å². The zero-order valence-electron chi connectivity index (χ0n) is 24.9. The molecule has 3 rings (SSSR count). The Hall–Kier alpha value is -3.61. The lowest BCUT2D eigenvalue weighted by Crippen LogP contribution is -2.48. The third kappa shape index (κ3) is 12.0. The molecule has 2 aliphatic rings. The second kappa shape index (κ2) is 16.6. The normalized spacial score (nSPS) is 18.4. The molecule has 2 aliphatic heterocycles. The molecular weight excluding hydrogens is 627 g/mol. The van der Waals surface area contributed by atoms with E-state index in [0.717, 1.165) is 17.0 Å². The van der Waals surface area contributed by atoms with E-state index < -0.39 is 49.3 Å². The molecule has 10 N–H and O–H groups in total. The molecule has 2 atom stereocenters. The van der Waals surface area contributed by atoms with Crippen LogP contribution in [-0.4, -0.2) is 103 Å². The van der Waals surface area contributed by atoms with E-state index >= 15 is 0 Å². The van der Waals surface area contributed by atoms with Crippen LogP contribution in [0.25, 0.3) is 0 Å². The molecule has 2 fully saturated rings. The van der Waals surface area contributed by atoms with Gasteiger partial charge in [-0.3, -0.25) is 24.0 Å². The van der Waals surface area contributed by atoms with Gasteiger partial charge in [0, 0.05) is 45.8 Å². The van der Waals surface area contributed by atoms with E-state index in [1.54, 1.807) is 0 Å². The minimum Gasteiger partial charge on any atom is -0.480 e. The van der Waals surface area contributed by atoms with Crippen molar-refractivity contribution in [3.8, 4) is 0 Å². The molecule has 17 nitrogen and oxygen atoms in total. The van der Waals surface area contributed by atoms with Gasteiger partial charge in [-0.2, -0.15) is 0 Å². The van der Waals surface area contributed by atoms with E-state index in [-0.39, 0.29) is 68.9 Å². The Labute approximate surface area is 257 Å². The summed E-state index contributed by atoms with van der Waals surface area (Å²) < 4.78 is 56.3. The van der Waals surface area contributed by atoms with Crippen molar-refractivity contribution in [3.63, 3.8) is 0 Å². The number of nitrogens with one attached hydrogen (secondary N) is 1. The van der Waals surface area contributed by atoms with Crippen molar-refractivity contribution in [2.24, 2.45) is 22.2 Å². The summed E-state index contributed by atoms with van der Waals surface area (Å²) in [5.74, 6) is -3.09. The number of ether oxygens (including phenoxy) is 2. The number of methoxy groups -OCH3 is 1. The number of anilines is 2. The summed E-state index contributed by atoms with van der Waals surface area (Å²) in [5, 5.41) is 10.9. The lowest BCUT2D eigenvalue weighted by molar-refractivity contribution is -0.138. The van der Waals surface area contributed by atoms with Crippen LogP contribution in [-0.2, 0) is 28.2 Å². The molecule has 2 heterocycles. The van der Waals surface area contributed by atoms with E-state index in [1.165, 1.54) is 18.9 Å². The lowest BCUT2D eigenvalue weighted by Gasteiger charge is -2.41. The first-order valence-corrected chi connectivity index (χ1v) is 15.3. The Morgan fingerprint density at radius 2 is 1.84 bits per heavy atom. The van der Waals surface area contributed by atoms with Crippen molar-refractivity contribution in [2.75, 3.05) is 56.2 Å². The number of phosphoric ester groups is 1. The highest BCUT2D eigenvalue weighted by Gasteiger charge is 2.42. The van der Waals surface area contributed by atoms with E-state index in [2.05, 4.69) is 10.3 Å². The Bertz CT molecular complexity index is 1250. The highest BCUT2D eigenvalue weighted by atomic mass is 31.2. The third-order valence-corrected chi connectivity index (χ3v) is 7.39. The van der Waals surface area contributed by atoms with E-state index in [9.17, 15) is 37.5 Å². The maximum Gasteiger partial charge on any atom is 0.470 e. The molecule has 0 radical (unpaired) electrons. The number of halogens is 2. The van der Waals surface area contributed by atoms with Gasteiger partial charge in [0.1, 0.15) is 23.4 Å². The molecule has 0 bridgehead atoms. The number of carboxylic acids is 1. The van der Waals surface area contributed by atoms with Gasteiger partial charge in [0.25, 0.3) is 0 Å². The molecule has 0 spiro atoms. The van der Waals surface area contributed by atoms with E-state index in [4.69, 9.17) is 36.3 Å². The number of nitrogens with zero attached hydrogens (tertiary/aromatic N) is 3. The van der Waals surface area contributed by atoms with Crippen molar-refractivity contribution in [3.05, 3.63) is 23.8 Å². The number of piperidine rings is 1. The van der Waals surface area contributed by atoms with Crippen LogP contribution in [0.15, 0.2) is 17.1 Å². The lowest BCUT2D eigenvalue weighted by atomic mass is 9.92. The first-order chi connectivity index (χ1) is 21.0. The quantitative estimate of drug-likeness (QED) is 0.0631. The maximum absolute atomic E-state index is 14.9. The van der Waals surface area contributed by atoms with Crippen molar-refractivity contribution < 1.29 is 56.6 Å². The fourth-order valence-corrected chi connectivity index (χ4v) is 5.40. The molecule has 45 heavy (non-hydrogen) atoms. The average molecular weight is 668 g/mol. The highest BCUT2D eigenvalue weighted by Crippen LogP contribution is 2.46. The predicted octanol–water partition coefficient (Wildman–Crippen LogP) is -0.0273. The average Bonchev–Trinajstić information content (AvgIpc) is 3.30. The molecule has 0 saturated carbocycles. The summed E-state index contributed by atoms with van der Waals surface area (Å²) >= 11 is 0. The molecule has 0 aromatic heterocycles. The monoisotopic (exact) mass is 667 g/mol. The SMILES string of the molecule is COCC1(OP(=O)(O)O)CCN(c2c(F)cc(N3C[C@H](CNC(C)=O)OC3=O)cc2F)CC1.NC(N)=NCCC[C@H](N)C(=O)O. The molecule has 0 aliphatic carbocycles. The van der Waals surface area contributed by atoms with Gasteiger partial charge in [0.15, 0.2) is 17.6 Å². The van der Waals surface area contributed by atoms with Crippen molar-refractivity contribution in [2.45, 2.75) is 50.4 Å². The second-order valence-corrected chi connectivity index (χ2v) is 11.6. The van der Waals surface area contributed by atoms with Crippen LogP contribution in [0.2, 0.25) is 0 Å². The molecular formula is C25H40F2N7O10P. The van der Waals surface area contributed by atoms with Gasteiger partial charge in [-0.25, -0.2) is 18.1 Å². The molecule has 20 heteroatoms. The molecule has 1 aromatic rings. The number of nitrogens with two attached hydrogens (primary N) is 3. The van der Waals surface area contributed by atoms with Gasteiger partial charge < -0.3 is 51.8 Å². The van der Waals surface area contributed by atoms with Gasteiger partial charge in [-0.1, -0.05) is 0 Å². The van der Waals surface area contributed by atoms with Gasteiger partial charge in [0.05, 0.1) is 25.4 Å². The number of aliphatic carboxylic acids is 1. The fourth-order valence-electron chi connectivity index (χ4n) is 4.66. The van der Waals surface area contributed by atoms with Gasteiger partial charge in [0.2, 0.25) is 5.91 Å². The summed E-state index contributed by atoms with van der Waals surface area (Å²) in [5.41, 5.74) is 13.7. The predicted molar refractivity (Wildman–Crippen MR) is 157 cm³/mol. The number of amides is 2. The summed E-state index contributed by atoms with van der Waals surface area (Å²) in [6, 6.07) is 1.21. The maximum atomic E-state index is 14.9. The van der Waals surface area contributed by atoms with Crippen LogP contribution in [0.5, 0.6) is 0 Å². The zero-order valence-corrected chi connectivity index (χ0v) is 25.8. The van der Waals surface area contributed by atoms with Crippen molar-refractivity contribution in [1.82, 2.24) is 5.32 Å². The minimum atomic E-state index is -4.80. The number of hydrogen-bond donors (Lipinski definition) is 7. The summed E-state index contributed by atoms with van der Waals surface area (Å²) in [4.78, 5) is 58.0. The van der Waals surface area contributed by atoms with Crippen LogP contribution in [0.1, 0.15) is 32.6 Å². The summed E-state index contributed by atoms with van der Waals surface area (Å²) in [7, 11) is -3.44. The molecule has 254 valence electrons. The van der Waals surface area contributed by atoms with Gasteiger partial charge in [-0.05, 0) is 25.7 Å². The Balaban J connectivity index is 0.000000498.